The summed E-state index contributed by atoms with van der Waals surface area (Å²) in [5.41, 5.74) is 0. The van der Waals surface area contributed by atoms with Gasteiger partial charge in [-0.05, 0) is 19.1 Å². The molecular weight excluding hydrogens is 365 g/mol. The van der Waals surface area contributed by atoms with Crippen molar-refractivity contribution in [1.82, 2.24) is 15.1 Å². The molecule has 0 fully saturated rings. The maximum absolute atomic E-state index is 12.7. The van der Waals surface area contributed by atoms with Gasteiger partial charge in [-0.3, -0.25) is 4.79 Å². The zero-order chi connectivity index (χ0) is 17.6. The van der Waals surface area contributed by atoms with Crippen molar-refractivity contribution in [2.24, 2.45) is 0 Å². The Morgan fingerprint density at radius 2 is 2.25 bits per heavy atom. The van der Waals surface area contributed by atoms with Crippen LogP contribution in [0.5, 0.6) is 0 Å². The summed E-state index contributed by atoms with van der Waals surface area (Å²) in [6.07, 6.45) is -3.13. The molecule has 1 N–H and O–H groups in total. The van der Waals surface area contributed by atoms with E-state index in [0.29, 0.717) is 21.8 Å². The number of nitrogens with one attached hydrogen (secondary N) is 1. The number of furan rings is 1. The Bertz CT molecular complexity index is 646. The van der Waals surface area contributed by atoms with Gasteiger partial charge in [-0.25, -0.2) is 0 Å². The third-order valence-electron chi connectivity index (χ3n) is 2.70. The van der Waals surface area contributed by atoms with Gasteiger partial charge in [0.2, 0.25) is 11.0 Å². The van der Waals surface area contributed by atoms with Crippen LogP contribution >= 0.6 is 23.1 Å². The van der Waals surface area contributed by atoms with Crippen molar-refractivity contribution in [1.29, 1.82) is 0 Å². The molecule has 0 bridgehead atoms. The largest absolute Gasteiger partial charge is 0.467 e. The Labute approximate surface area is 144 Å². The summed E-state index contributed by atoms with van der Waals surface area (Å²) in [5, 5.41) is 11.3. The third-order valence-corrected chi connectivity index (χ3v) is 4.70. The molecule has 0 spiro atoms. The SMILES string of the molecule is CCNc1nnc(SCC(=O)N(Cc2ccco2)CC(F)(F)F)s1. The average Bonchev–Trinajstić information content (AvgIpc) is 3.15. The van der Waals surface area contributed by atoms with E-state index in [-0.39, 0.29) is 12.3 Å². The minimum atomic E-state index is -4.48. The molecule has 2 aromatic rings. The molecule has 0 unspecified atom stereocenters. The molecule has 0 atom stereocenters. The second-order valence-corrected chi connectivity index (χ2v) is 6.84. The van der Waals surface area contributed by atoms with Crippen molar-refractivity contribution in [2.45, 2.75) is 24.0 Å². The summed E-state index contributed by atoms with van der Waals surface area (Å²) in [6, 6.07) is 3.08. The first-order valence-corrected chi connectivity index (χ1v) is 8.74. The molecule has 0 saturated heterocycles. The van der Waals surface area contributed by atoms with Gasteiger partial charge >= 0.3 is 6.18 Å². The van der Waals surface area contributed by atoms with E-state index in [2.05, 4.69) is 15.5 Å². The van der Waals surface area contributed by atoms with E-state index in [1.165, 1.54) is 23.7 Å². The van der Waals surface area contributed by atoms with Crippen LogP contribution in [0.3, 0.4) is 0 Å². The molecule has 0 aliphatic carbocycles. The number of carbonyl (C=O) groups is 1. The number of thioether (sulfide) groups is 1. The van der Waals surface area contributed by atoms with Crippen molar-refractivity contribution < 1.29 is 22.4 Å². The van der Waals surface area contributed by atoms with Crippen LogP contribution in [0.4, 0.5) is 18.3 Å². The summed E-state index contributed by atoms with van der Waals surface area (Å²) >= 11 is 2.31. The quantitative estimate of drug-likeness (QED) is 0.709. The van der Waals surface area contributed by atoms with Crippen LogP contribution in [0.2, 0.25) is 0 Å². The first kappa shape index (κ1) is 18.6. The van der Waals surface area contributed by atoms with Crippen LogP contribution in [0.15, 0.2) is 27.2 Å². The number of hydrogen-bond donors (Lipinski definition) is 1. The predicted octanol–water partition coefficient (Wildman–Crippen LogP) is 3.25. The molecule has 11 heteroatoms. The van der Waals surface area contributed by atoms with Gasteiger partial charge in [-0.2, -0.15) is 13.2 Å². The van der Waals surface area contributed by atoms with Crippen LogP contribution in [0.1, 0.15) is 12.7 Å². The fourth-order valence-electron chi connectivity index (χ4n) is 1.74. The lowest BCUT2D eigenvalue weighted by Gasteiger charge is -2.22. The molecule has 1 amide bonds. The Hall–Kier alpha value is -1.75. The average molecular weight is 380 g/mol. The van der Waals surface area contributed by atoms with E-state index in [1.807, 2.05) is 6.92 Å². The highest BCUT2D eigenvalue weighted by Crippen LogP contribution is 2.26. The zero-order valence-electron chi connectivity index (χ0n) is 12.7. The van der Waals surface area contributed by atoms with Gasteiger partial charge in [0.05, 0.1) is 18.6 Å². The van der Waals surface area contributed by atoms with E-state index >= 15 is 0 Å². The van der Waals surface area contributed by atoms with Crippen LogP contribution in [-0.4, -0.2) is 46.0 Å². The predicted molar refractivity (Wildman–Crippen MR) is 85.0 cm³/mol. The maximum Gasteiger partial charge on any atom is 0.406 e. The molecule has 0 aliphatic rings. The number of nitrogens with zero attached hydrogens (tertiary/aromatic N) is 3. The molecular formula is C13H15F3N4O2S2. The van der Waals surface area contributed by atoms with E-state index in [1.54, 1.807) is 6.07 Å². The first-order valence-electron chi connectivity index (χ1n) is 6.94. The normalized spacial score (nSPS) is 11.5. The standard InChI is InChI=1S/C13H15F3N4O2S2/c1-2-17-11-18-19-12(24-11)23-7-10(21)20(8-13(14,15)16)6-9-4-3-5-22-9/h3-5H,2,6-8H2,1H3,(H,17,18). The second-order valence-electron chi connectivity index (χ2n) is 4.64. The molecule has 2 heterocycles. The Balaban J connectivity index is 1.95. The highest BCUT2D eigenvalue weighted by Gasteiger charge is 2.33. The third kappa shape index (κ3) is 6.04. The molecule has 24 heavy (non-hydrogen) atoms. The number of hydrogen-bond acceptors (Lipinski definition) is 7. The monoisotopic (exact) mass is 380 g/mol. The van der Waals surface area contributed by atoms with Gasteiger partial charge in [-0.1, -0.05) is 23.1 Å². The number of alkyl halides is 3. The molecule has 0 aromatic carbocycles. The number of rotatable bonds is 8. The van der Waals surface area contributed by atoms with Gasteiger partial charge in [0.1, 0.15) is 12.3 Å². The summed E-state index contributed by atoms with van der Waals surface area (Å²) in [4.78, 5) is 12.9. The Kier molecular flexibility index (Phi) is 6.49. The van der Waals surface area contributed by atoms with Crippen LogP contribution in [-0.2, 0) is 11.3 Å². The second kappa shape index (κ2) is 8.38. The van der Waals surface area contributed by atoms with Crippen molar-refractivity contribution in [3.05, 3.63) is 24.2 Å². The summed E-state index contributed by atoms with van der Waals surface area (Å²) in [6.45, 7) is 1.03. The fraction of sp³-hybridized carbons (Fsp3) is 0.462. The molecule has 132 valence electrons. The van der Waals surface area contributed by atoms with Crippen LogP contribution < -0.4 is 5.32 Å². The maximum atomic E-state index is 12.7. The van der Waals surface area contributed by atoms with Gasteiger partial charge < -0.3 is 14.6 Å². The first-order chi connectivity index (χ1) is 11.4. The topological polar surface area (TPSA) is 71.3 Å². The number of anilines is 1. The number of amides is 1. The molecule has 2 aromatic heterocycles. The lowest BCUT2D eigenvalue weighted by molar-refractivity contribution is -0.161. The van der Waals surface area contributed by atoms with Crippen molar-refractivity contribution in [2.75, 3.05) is 24.2 Å². The summed E-state index contributed by atoms with van der Waals surface area (Å²) < 4.78 is 43.6. The summed E-state index contributed by atoms with van der Waals surface area (Å²) in [7, 11) is 0. The van der Waals surface area contributed by atoms with E-state index in [9.17, 15) is 18.0 Å². The van der Waals surface area contributed by atoms with Gasteiger partial charge in [0, 0.05) is 6.54 Å². The number of aromatic nitrogens is 2. The molecule has 2 rings (SSSR count). The van der Waals surface area contributed by atoms with Crippen molar-refractivity contribution >= 4 is 34.1 Å². The zero-order valence-corrected chi connectivity index (χ0v) is 14.3. The van der Waals surface area contributed by atoms with Gasteiger partial charge in [0.15, 0.2) is 4.34 Å². The Morgan fingerprint density at radius 3 is 2.88 bits per heavy atom. The lowest BCUT2D eigenvalue weighted by Crippen LogP contribution is -2.39. The minimum absolute atomic E-state index is 0.155. The van der Waals surface area contributed by atoms with E-state index in [4.69, 9.17) is 4.42 Å². The Morgan fingerprint density at radius 1 is 1.46 bits per heavy atom. The van der Waals surface area contributed by atoms with E-state index in [0.717, 1.165) is 16.7 Å². The minimum Gasteiger partial charge on any atom is -0.467 e. The van der Waals surface area contributed by atoms with Gasteiger partial charge in [-0.15, -0.1) is 10.2 Å². The van der Waals surface area contributed by atoms with Crippen LogP contribution in [0, 0.1) is 0 Å². The highest BCUT2D eigenvalue weighted by atomic mass is 32.2. The van der Waals surface area contributed by atoms with Gasteiger partial charge in [0.25, 0.3) is 0 Å². The highest BCUT2D eigenvalue weighted by molar-refractivity contribution is 8.01. The summed E-state index contributed by atoms with van der Waals surface area (Å²) in [5.74, 6) is -0.505. The molecule has 0 aliphatic heterocycles. The number of halogens is 3. The molecule has 0 saturated carbocycles. The smallest absolute Gasteiger partial charge is 0.406 e. The number of carbonyl (C=O) groups excluding carboxylic acids is 1. The van der Waals surface area contributed by atoms with E-state index < -0.39 is 18.6 Å². The molecule has 0 radical (unpaired) electrons. The fourth-order valence-corrected chi connectivity index (χ4v) is 3.47. The van der Waals surface area contributed by atoms with Crippen molar-refractivity contribution in [3.8, 4) is 0 Å². The van der Waals surface area contributed by atoms with Crippen molar-refractivity contribution in [3.63, 3.8) is 0 Å². The van der Waals surface area contributed by atoms with Crippen LogP contribution in [0.25, 0.3) is 0 Å². The molecule has 6 nitrogen and oxygen atoms in total. The lowest BCUT2D eigenvalue weighted by atomic mass is 10.3.